The number of para-hydroxylation sites is 2. The van der Waals surface area contributed by atoms with Crippen LogP contribution in [-0.4, -0.2) is 35.9 Å². The van der Waals surface area contributed by atoms with Gasteiger partial charge in [0, 0.05) is 11.3 Å². The average molecular weight is 514 g/mol. The Hall–Kier alpha value is -5.46. The Morgan fingerprint density at radius 3 is 2.66 bits per heavy atom. The highest BCUT2D eigenvalue weighted by atomic mass is 19.2. The molecule has 3 N–H and O–H groups in total. The van der Waals surface area contributed by atoms with E-state index in [1.54, 1.807) is 34.9 Å². The molecule has 3 heterocycles. The van der Waals surface area contributed by atoms with Gasteiger partial charge in [0.15, 0.2) is 29.0 Å². The molecule has 0 fully saturated rings. The van der Waals surface area contributed by atoms with Gasteiger partial charge >= 0.3 is 0 Å². The molecule has 0 radical (unpaired) electrons. The lowest BCUT2D eigenvalue weighted by atomic mass is 10.2. The van der Waals surface area contributed by atoms with Crippen LogP contribution < -0.4 is 11.1 Å². The van der Waals surface area contributed by atoms with Crippen LogP contribution in [0, 0.1) is 11.6 Å². The average Bonchev–Trinajstić information content (AvgIpc) is 3.65. The number of fused-ring (bicyclic) bond motifs is 1. The van der Waals surface area contributed by atoms with Crippen LogP contribution in [0.15, 0.2) is 75.9 Å². The van der Waals surface area contributed by atoms with Crippen LogP contribution in [0.3, 0.4) is 0 Å². The maximum atomic E-state index is 14.1. The van der Waals surface area contributed by atoms with Crippen molar-refractivity contribution in [1.82, 2.24) is 30.0 Å². The first-order valence-electron chi connectivity index (χ1n) is 11.2. The minimum atomic E-state index is -1.08. The van der Waals surface area contributed by atoms with Gasteiger partial charge in [0.1, 0.15) is 6.54 Å². The second-order valence-corrected chi connectivity index (χ2v) is 8.16. The van der Waals surface area contributed by atoms with Crippen LogP contribution in [-0.2, 0) is 11.3 Å². The Morgan fingerprint density at radius 2 is 1.82 bits per heavy atom. The minimum Gasteiger partial charge on any atom is -0.379 e. The second kappa shape index (κ2) is 9.20. The maximum absolute atomic E-state index is 14.1. The van der Waals surface area contributed by atoms with Crippen molar-refractivity contribution < 1.29 is 22.7 Å². The van der Waals surface area contributed by atoms with Crippen molar-refractivity contribution >= 4 is 28.4 Å². The standard InChI is InChI=1S/C25H16F2N8O3/c26-16-8-4-7-15(20(16)27)25-31-23(34-37-25)13-5-3-6-14(11-13)29-19(36)12-35-18-10-2-1-9-17(18)30-24(35)21-22(28)33-38-32-21/h1-11H,12H2,(H2,28,33)(H,29,36). The van der Waals surface area contributed by atoms with E-state index in [4.69, 9.17) is 14.9 Å². The molecule has 0 aliphatic carbocycles. The number of halogens is 2. The molecule has 0 aliphatic heterocycles. The van der Waals surface area contributed by atoms with Gasteiger partial charge in [0.05, 0.1) is 16.6 Å². The normalized spacial score (nSPS) is 11.2. The summed E-state index contributed by atoms with van der Waals surface area (Å²) >= 11 is 0. The van der Waals surface area contributed by atoms with Gasteiger partial charge in [-0.1, -0.05) is 35.5 Å². The number of carbonyl (C=O) groups excluding carboxylic acids is 1. The molecule has 0 atom stereocenters. The Morgan fingerprint density at radius 1 is 0.974 bits per heavy atom. The number of rotatable bonds is 6. The highest BCUT2D eigenvalue weighted by Crippen LogP contribution is 2.28. The summed E-state index contributed by atoms with van der Waals surface area (Å²) in [7, 11) is 0. The van der Waals surface area contributed by atoms with E-state index < -0.39 is 11.6 Å². The van der Waals surface area contributed by atoms with Crippen LogP contribution in [0.2, 0.25) is 0 Å². The monoisotopic (exact) mass is 514 g/mol. The van der Waals surface area contributed by atoms with Crippen molar-refractivity contribution in [2.24, 2.45) is 0 Å². The maximum Gasteiger partial charge on any atom is 0.261 e. The third kappa shape index (κ3) is 4.11. The molecule has 0 aliphatic rings. The van der Waals surface area contributed by atoms with E-state index in [0.717, 1.165) is 6.07 Å². The van der Waals surface area contributed by atoms with Crippen molar-refractivity contribution in [3.63, 3.8) is 0 Å². The van der Waals surface area contributed by atoms with E-state index >= 15 is 0 Å². The summed E-state index contributed by atoms with van der Waals surface area (Å²) in [4.78, 5) is 21.8. The lowest BCUT2D eigenvalue weighted by molar-refractivity contribution is -0.116. The first-order valence-corrected chi connectivity index (χ1v) is 11.2. The fourth-order valence-corrected chi connectivity index (χ4v) is 3.97. The van der Waals surface area contributed by atoms with E-state index in [0.29, 0.717) is 28.1 Å². The Bertz CT molecular complexity index is 1810. The zero-order valence-corrected chi connectivity index (χ0v) is 19.3. The van der Waals surface area contributed by atoms with Crippen molar-refractivity contribution in [2.75, 3.05) is 11.1 Å². The summed E-state index contributed by atoms with van der Waals surface area (Å²) in [6.07, 6.45) is 0. The predicted octanol–water partition coefficient (Wildman–Crippen LogP) is 4.30. The van der Waals surface area contributed by atoms with E-state index in [9.17, 15) is 13.6 Å². The van der Waals surface area contributed by atoms with E-state index in [-0.39, 0.29) is 41.2 Å². The second-order valence-electron chi connectivity index (χ2n) is 8.16. The van der Waals surface area contributed by atoms with Gasteiger partial charge in [-0.3, -0.25) is 4.79 Å². The number of nitrogens with two attached hydrogens (primary N) is 1. The summed E-state index contributed by atoms with van der Waals surface area (Å²) in [5.41, 5.74) is 8.20. The number of aromatic nitrogens is 6. The summed E-state index contributed by atoms with van der Waals surface area (Å²) in [5, 5.41) is 14.1. The number of carbonyl (C=O) groups is 1. The highest BCUT2D eigenvalue weighted by Gasteiger charge is 2.21. The minimum absolute atomic E-state index is 0.0484. The molecular formula is C25H16F2N8O3. The summed E-state index contributed by atoms with van der Waals surface area (Å²) < 4.78 is 39.2. The topological polar surface area (TPSA) is 151 Å². The lowest BCUT2D eigenvalue weighted by Gasteiger charge is -2.09. The molecule has 6 aromatic rings. The molecule has 0 saturated heterocycles. The van der Waals surface area contributed by atoms with Gasteiger partial charge in [0.25, 0.3) is 5.89 Å². The third-order valence-electron chi connectivity index (χ3n) is 5.69. The number of nitrogens with one attached hydrogen (secondary N) is 1. The third-order valence-corrected chi connectivity index (χ3v) is 5.69. The quantitative estimate of drug-likeness (QED) is 0.331. The number of hydrogen-bond acceptors (Lipinski definition) is 9. The molecule has 6 rings (SSSR count). The number of hydrogen-bond donors (Lipinski definition) is 2. The molecule has 3 aromatic heterocycles. The number of nitrogen functional groups attached to an aromatic ring is 1. The zero-order valence-electron chi connectivity index (χ0n) is 19.3. The number of imidazole rings is 1. The smallest absolute Gasteiger partial charge is 0.261 e. The molecule has 0 unspecified atom stereocenters. The van der Waals surface area contributed by atoms with Crippen LogP contribution in [0.5, 0.6) is 0 Å². The zero-order chi connectivity index (χ0) is 26.2. The number of amides is 1. The summed E-state index contributed by atoms with van der Waals surface area (Å²) in [6.45, 7) is -0.114. The van der Waals surface area contributed by atoms with Gasteiger partial charge < -0.3 is 20.1 Å². The first kappa shape index (κ1) is 23.0. The van der Waals surface area contributed by atoms with Crippen LogP contribution in [0.1, 0.15) is 0 Å². The molecule has 38 heavy (non-hydrogen) atoms. The fraction of sp³-hybridized carbons (Fsp3) is 0.0400. The largest absolute Gasteiger partial charge is 0.379 e. The molecule has 3 aromatic carbocycles. The predicted molar refractivity (Wildman–Crippen MR) is 131 cm³/mol. The first-order chi connectivity index (χ1) is 18.5. The van der Waals surface area contributed by atoms with Gasteiger partial charge in [0.2, 0.25) is 11.7 Å². The van der Waals surface area contributed by atoms with Gasteiger partial charge in [-0.15, -0.1) is 0 Å². The van der Waals surface area contributed by atoms with Crippen molar-refractivity contribution in [3.8, 4) is 34.4 Å². The Balaban J connectivity index is 1.26. The molecule has 0 saturated carbocycles. The van der Waals surface area contributed by atoms with Crippen LogP contribution in [0.25, 0.3) is 45.4 Å². The molecule has 188 valence electrons. The summed E-state index contributed by atoms with van der Waals surface area (Å²) in [6, 6.07) is 17.6. The molecule has 13 heteroatoms. The molecule has 0 bridgehead atoms. The fourth-order valence-electron chi connectivity index (χ4n) is 3.97. The SMILES string of the molecule is Nc1nonc1-c1nc2ccccc2n1CC(=O)Nc1cccc(-c2noc(-c3cccc(F)c3F)n2)c1. The van der Waals surface area contributed by atoms with Gasteiger partial charge in [-0.2, -0.15) is 4.98 Å². The number of anilines is 2. The molecule has 0 spiro atoms. The van der Waals surface area contributed by atoms with E-state index in [1.807, 2.05) is 18.2 Å². The van der Waals surface area contributed by atoms with Gasteiger partial charge in [-0.05, 0) is 46.7 Å². The number of nitrogens with zero attached hydrogens (tertiary/aromatic N) is 6. The van der Waals surface area contributed by atoms with Crippen LogP contribution >= 0.6 is 0 Å². The van der Waals surface area contributed by atoms with Crippen molar-refractivity contribution in [2.45, 2.75) is 6.54 Å². The molecular weight excluding hydrogens is 498 g/mol. The Kier molecular flexibility index (Phi) is 5.56. The van der Waals surface area contributed by atoms with Crippen molar-refractivity contribution in [1.29, 1.82) is 0 Å². The summed E-state index contributed by atoms with van der Waals surface area (Å²) in [5.74, 6) is -2.13. The Labute approximate surface area is 211 Å². The molecule has 1 amide bonds. The van der Waals surface area contributed by atoms with Gasteiger partial charge in [-0.25, -0.2) is 18.4 Å². The lowest BCUT2D eigenvalue weighted by Crippen LogP contribution is -2.19. The molecule has 11 nitrogen and oxygen atoms in total. The number of benzene rings is 3. The van der Waals surface area contributed by atoms with Crippen LogP contribution in [0.4, 0.5) is 20.3 Å². The van der Waals surface area contributed by atoms with E-state index in [1.165, 1.54) is 12.1 Å². The van der Waals surface area contributed by atoms with Crippen molar-refractivity contribution in [3.05, 3.63) is 78.4 Å². The van der Waals surface area contributed by atoms with E-state index in [2.05, 4.69) is 30.8 Å². The highest BCUT2D eigenvalue weighted by molar-refractivity contribution is 5.93.